The minimum atomic E-state index is -0.451. The predicted molar refractivity (Wildman–Crippen MR) is 63.6 cm³/mol. The molecule has 0 heterocycles. The van der Waals surface area contributed by atoms with E-state index in [0.29, 0.717) is 13.0 Å². The summed E-state index contributed by atoms with van der Waals surface area (Å²) in [6.45, 7) is 4.43. The SMILES string of the molecule is CCOc1ccc(CC(C)(CO)CO)cc1. The van der Waals surface area contributed by atoms with Crippen molar-refractivity contribution in [3.05, 3.63) is 29.8 Å². The van der Waals surface area contributed by atoms with Crippen molar-refractivity contribution in [1.29, 1.82) is 0 Å². The zero-order valence-corrected chi connectivity index (χ0v) is 9.94. The molecule has 90 valence electrons. The Labute approximate surface area is 96.7 Å². The van der Waals surface area contributed by atoms with Crippen LogP contribution in [-0.4, -0.2) is 30.0 Å². The van der Waals surface area contributed by atoms with Crippen LogP contribution in [0, 0.1) is 5.41 Å². The summed E-state index contributed by atoms with van der Waals surface area (Å²) in [6, 6.07) is 7.76. The first-order valence-electron chi connectivity index (χ1n) is 5.57. The van der Waals surface area contributed by atoms with Gasteiger partial charge in [0.05, 0.1) is 19.8 Å². The van der Waals surface area contributed by atoms with Crippen molar-refractivity contribution in [2.75, 3.05) is 19.8 Å². The summed E-state index contributed by atoms with van der Waals surface area (Å²) >= 11 is 0. The highest BCUT2D eigenvalue weighted by Crippen LogP contribution is 2.22. The molecule has 0 aliphatic rings. The highest BCUT2D eigenvalue weighted by atomic mass is 16.5. The number of ether oxygens (including phenoxy) is 1. The van der Waals surface area contributed by atoms with Gasteiger partial charge in [-0.15, -0.1) is 0 Å². The molecule has 0 aliphatic carbocycles. The highest BCUT2D eigenvalue weighted by molar-refractivity contribution is 5.27. The van der Waals surface area contributed by atoms with Gasteiger partial charge >= 0.3 is 0 Å². The maximum atomic E-state index is 9.20. The fraction of sp³-hybridized carbons (Fsp3) is 0.538. The summed E-state index contributed by atoms with van der Waals surface area (Å²) in [4.78, 5) is 0. The molecule has 3 nitrogen and oxygen atoms in total. The molecule has 3 heteroatoms. The number of hydrogen-bond acceptors (Lipinski definition) is 3. The van der Waals surface area contributed by atoms with Gasteiger partial charge in [0.15, 0.2) is 0 Å². The first-order valence-corrected chi connectivity index (χ1v) is 5.57. The van der Waals surface area contributed by atoms with Crippen LogP contribution in [0.2, 0.25) is 0 Å². The fourth-order valence-corrected chi connectivity index (χ4v) is 1.52. The fourth-order valence-electron chi connectivity index (χ4n) is 1.52. The standard InChI is InChI=1S/C13H20O3/c1-3-16-12-6-4-11(5-7-12)8-13(2,9-14)10-15/h4-7,14-15H,3,8-10H2,1-2H3. The molecule has 1 aromatic rings. The predicted octanol–water partition coefficient (Wildman–Crippen LogP) is 1.62. The molecule has 0 radical (unpaired) electrons. The highest BCUT2D eigenvalue weighted by Gasteiger charge is 2.22. The molecule has 0 atom stereocenters. The first kappa shape index (κ1) is 13.0. The van der Waals surface area contributed by atoms with Crippen LogP contribution >= 0.6 is 0 Å². The molecule has 0 bridgehead atoms. The largest absolute Gasteiger partial charge is 0.494 e. The van der Waals surface area contributed by atoms with Gasteiger partial charge in [0, 0.05) is 5.41 Å². The van der Waals surface area contributed by atoms with Gasteiger partial charge in [0.1, 0.15) is 5.75 Å². The lowest BCUT2D eigenvalue weighted by Crippen LogP contribution is -2.28. The number of aliphatic hydroxyl groups excluding tert-OH is 2. The van der Waals surface area contributed by atoms with Gasteiger partial charge in [-0.2, -0.15) is 0 Å². The lowest BCUT2D eigenvalue weighted by molar-refractivity contribution is 0.0704. The van der Waals surface area contributed by atoms with E-state index >= 15 is 0 Å². The Hall–Kier alpha value is -1.06. The van der Waals surface area contributed by atoms with Gasteiger partial charge in [0.25, 0.3) is 0 Å². The lowest BCUT2D eigenvalue weighted by Gasteiger charge is -2.24. The number of hydrogen-bond donors (Lipinski definition) is 2. The minimum absolute atomic E-state index is 0.0172. The third-order valence-corrected chi connectivity index (χ3v) is 2.63. The van der Waals surface area contributed by atoms with E-state index in [1.807, 2.05) is 38.1 Å². The molecule has 0 spiro atoms. The number of rotatable bonds is 6. The first-order chi connectivity index (χ1) is 7.63. The Morgan fingerprint density at radius 3 is 2.12 bits per heavy atom. The summed E-state index contributed by atoms with van der Waals surface area (Å²) < 4.78 is 5.34. The van der Waals surface area contributed by atoms with E-state index in [1.165, 1.54) is 0 Å². The Bertz CT molecular complexity index is 301. The molecule has 0 saturated heterocycles. The summed E-state index contributed by atoms with van der Waals surface area (Å²) in [7, 11) is 0. The van der Waals surface area contributed by atoms with E-state index in [1.54, 1.807) is 0 Å². The molecule has 0 saturated carbocycles. The number of aliphatic hydroxyl groups is 2. The van der Waals surface area contributed by atoms with Crippen molar-refractivity contribution in [3.8, 4) is 5.75 Å². The van der Waals surface area contributed by atoms with Crippen LogP contribution in [0.1, 0.15) is 19.4 Å². The van der Waals surface area contributed by atoms with Crippen LogP contribution in [0.5, 0.6) is 5.75 Å². The second-order valence-corrected chi connectivity index (χ2v) is 4.38. The van der Waals surface area contributed by atoms with Crippen LogP contribution in [0.3, 0.4) is 0 Å². The van der Waals surface area contributed by atoms with Gasteiger partial charge in [-0.1, -0.05) is 19.1 Å². The van der Waals surface area contributed by atoms with Gasteiger partial charge in [-0.05, 0) is 31.0 Å². The summed E-state index contributed by atoms with van der Waals surface area (Å²) in [5, 5.41) is 18.4. The van der Waals surface area contributed by atoms with Gasteiger partial charge in [0.2, 0.25) is 0 Å². The Kier molecular flexibility index (Phi) is 4.77. The average molecular weight is 224 g/mol. The molecular weight excluding hydrogens is 204 g/mol. The van der Waals surface area contributed by atoms with Crippen LogP contribution in [-0.2, 0) is 6.42 Å². The van der Waals surface area contributed by atoms with Gasteiger partial charge < -0.3 is 14.9 Å². The maximum Gasteiger partial charge on any atom is 0.119 e. The van der Waals surface area contributed by atoms with Crippen LogP contribution in [0.15, 0.2) is 24.3 Å². The summed E-state index contributed by atoms with van der Waals surface area (Å²) in [6.07, 6.45) is 0.659. The molecular formula is C13H20O3. The summed E-state index contributed by atoms with van der Waals surface area (Å²) in [5.41, 5.74) is 0.640. The Morgan fingerprint density at radius 1 is 1.12 bits per heavy atom. The van der Waals surface area contributed by atoms with E-state index in [0.717, 1.165) is 11.3 Å². The molecule has 0 aliphatic heterocycles. The van der Waals surface area contributed by atoms with Crippen LogP contribution in [0.25, 0.3) is 0 Å². The maximum absolute atomic E-state index is 9.20. The summed E-state index contributed by atoms with van der Waals surface area (Å²) in [5.74, 6) is 0.848. The van der Waals surface area contributed by atoms with E-state index in [-0.39, 0.29) is 13.2 Å². The van der Waals surface area contributed by atoms with E-state index in [9.17, 15) is 10.2 Å². The smallest absolute Gasteiger partial charge is 0.119 e. The van der Waals surface area contributed by atoms with Gasteiger partial charge in [-0.25, -0.2) is 0 Å². The monoisotopic (exact) mass is 224 g/mol. The van der Waals surface area contributed by atoms with Crippen molar-refractivity contribution >= 4 is 0 Å². The molecule has 2 N–H and O–H groups in total. The Balaban J connectivity index is 2.67. The second-order valence-electron chi connectivity index (χ2n) is 4.38. The molecule has 1 rings (SSSR count). The van der Waals surface area contributed by atoms with E-state index in [2.05, 4.69) is 0 Å². The molecule has 1 aromatic carbocycles. The Morgan fingerprint density at radius 2 is 1.69 bits per heavy atom. The molecule has 0 fully saturated rings. The zero-order valence-electron chi connectivity index (χ0n) is 9.94. The molecule has 0 aromatic heterocycles. The molecule has 0 amide bonds. The second kappa shape index (κ2) is 5.87. The van der Waals surface area contributed by atoms with Crippen LogP contribution < -0.4 is 4.74 Å². The normalized spacial score (nSPS) is 11.5. The van der Waals surface area contributed by atoms with Crippen molar-refractivity contribution in [3.63, 3.8) is 0 Å². The van der Waals surface area contributed by atoms with Gasteiger partial charge in [-0.3, -0.25) is 0 Å². The van der Waals surface area contributed by atoms with E-state index in [4.69, 9.17) is 4.74 Å². The quantitative estimate of drug-likeness (QED) is 0.772. The van der Waals surface area contributed by atoms with Crippen molar-refractivity contribution < 1.29 is 14.9 Å². The van der Waals surface area contributed by atoms with Crippen molar-refractivity contribution in [1.82, 2.24) is 0 Å². The number of benzene rings is 1. The third kappa shape index (κ3) is 3.51. The zero-order chi connectivity index (χ0) is 12.0. The minimum Gasteiger partial charge on any atom is -0.494 e. The molecule has 0 unspecified atom stereocenters. The van der Waals surface area contributed by atoms with Crippen molar-refractivity contribution in [2.45, 2.75) is 20.3 Å². The third-order valence-electron chi connectivity index (χ3n) is 2.63. The lowest BCUT2D eigenvalue weighted by atomic mass is 9.85. The average Bonchev–Trinajstić information content (AvgIpc) is 2.32. The van der Waals surface area contributed by atoms with Crippen molar-refractivity contribution in [2.24, 2.45) is 5.41 Å². The van der Waals surface area contributed by atoms with E-state index < -0.39 is 5.41 Å². The van der Waals surface area contributed by atoms with Crippen LogP contribution in [0.4, 0.5) is 0 Å². The molecule has 16 heavy (non-hydrogen) atoms. The topological polar surface area (TPSA) is 49.7 Å².